The van der Waals surface area contributed by atoms with Crippen molar-refractivity contribution in [2.24, 2.45) is 0 Å². The lowest BCUT2D eigenvalue weighted by atomic mass is 10.1. The van der Waals surface area contributed by atoms with E-state index in [2.05, 4.69) is 94.9 Å². The second-order valence-corrected chi connectivity index (χ2v) is 11.7. The van der Waals surface area contributed by atoms with Crippen LogP contribution in [0.25, 0.3) is 55.0 Å². The van der Waals surface area contributed by atoms with E-state index in [1.165, 1.54) is 10.5 Å². The Bertz CT molecular complexity index is 2620. The van der Waals surface area contributed by atoms with E-state index >= 15 is 0 Å². The molecule has 3 heterocycles. The van der Waals surface area contributed by atoms with Crippen LogP contribution in [-0.4, -0.2) is 20.9 Å². The van der Waals surface area contributed by atoms with Crippen LogP contribution < -0.4 is 4.90 Å². The first kappa shape index (κ1) is 26.0. The van der Waals surface area contributed by atoms with Crippen molar-refractivity contribution < 1.29 is 9.59 Å². The lowest BCUT2D eigenvalue weighted by Crippen LogP contribution is -2.29. The minimum Gasteiger partial charge on any atom is -0.309 e. The molecule has 216 valence electrons. The van der Waals surface area contributed by atoms with E-state index in [-0.39, 0.29) is 0 Å². The highest BCUT2D eigenvalue weighted by atomic mass is 16.2. The topological polar surface area (TPSA) is 71.0 Å². The van der Waals surface area contributed by atoms with Crippen LogP contribution in [0.4, 0.5) is 5.69 Å². The Hall–Kier alpha value is -6.45. The number of benzene rings is 6. The van der Waals surface area contributed by atoms with Gasteiger partial charge < -0.3 is 9.13 Å². The SMILES string of the molecule is Cc1ccc(-n2c3ccccc3c3ccc4c(c5ccccc5n4-c4cc(C#N)cc(N5C(=O)c6ccccc6C5=O)c4)c32)cc1. The van der Waals surface area contributed by atoms with Crippen LogP contribution in [0.1, 0.15) is 31.8 Å². The van der Waals surface area contributed by atoms with Gasteiger partial charge in [0.05, 0.1) is 50.5 Å². The van der Waals surface area contributed by atoms with Gasteiger partial charge in [0, 0.05) is 32.9 Å². The molecule has 0 aliphatic carbocycles. The van der Waals surface area contributed by atoms with E-state index in [0.717, 1.165) is 49.3 Å². The van der Waals surface area contributed by atoms with Gasteiger partial charge in [-0.15, -0.1) is 0 Å². The number of anilines is 1. The predicted octanol–water partition coefficient (Wildman–Crippen LogP) is 8.86. The summed E-state index contributed by atoms with van der Waals surface area (Å²) in [7, 11) is 0. The second kappa shape index (κ2) is 9.52. The molecular weight excluding hydrogens is 568 g/mol. The Morgan fingerprint density at radius 1 is 0.543 bits per heavy atom. The molecule has 0 saturated carbocycles. The Labute approximate surface area is 263 Å². The number of aromatic nitrogens is 2. The molecule has 1 aliphatic heterocycles. The molecule has 8 aromatic rings. The van der Waals surface area contributed by atoms with Crippen molar-refractivity contribution >= 4 is 61.1 Å². The van der Waals surface area contributed by atoms with Crippen LogP contribution in [0.3, 0.4) is 0 Å². The molecule has 6 heteroatoms. The van der Waals surface area contributed by atoms with E-state index in [4.69, 9.17) is 0 Å². The average Bonchev–Trinajstić information content (AvgIpc) is 3.70. The van der Waals surface area contributed by atoms with Gasteiger partial charge >= 0.3 is 0 Å². The Morgan fingerprint density at radius 2 is 1.15 bits per heavy atom. The third-order valence-corrected chi connectivity index (χ3v) is 9.10. The standard InChI is InChI=1S/C40H24N4O2/c1-24-14-16-26(17-15-24)43-34-12-6-4-8-29(34)30-18-19-36-37(38(30)43)33-11-5-7-13-35(33)42(36)27-20-25(23-41)21-28(22-27)44-39(45)31-9-2-3-10-32(31)40(44)46/h2-22H,1H3. The number of para-hydroxylation sites is 2. The Morgan fingerprint density at radius 3 is 1.85 bits per heavy atom. The summed E-state index contributed by atoms with van der Waals surface area (Å²) in [4.78, 5) is 28.1. The second-order valence-electron chi connectivity index (χ2n) is 11.7. The molecule has 0 fully saturated rings. The molecule has 46 heavy (non-hydrogen) atoms. The molecule has 0 radical (unpaired) electrons. The molecule has 9 rings (SSSR count). The predicted molar refractivity (Wildman–Crippen MR) is 182 cm³/mol. The molecule has 0 spiro atoms. The fourth-order valence-electron chi connectivity index (χ4n) is 7.09. The van der Waals surface area contributed by atoms with Gasteiger partial charge in [-0.2, -0.15) is 5.26 Å². The van der Waals surface area contributed by atoms with Crippen LogP contribution >= 0.6 is 0 Å². The molecule has 2 amide bonds. The zero-order chi connectivity index (χ0) is 31.1. The fraction of sp³-hybridized carbons (Fsp3) is 0.0250. The zero-order valence-corrected chi connectivity index (χ0v) is 24.7. The van der Waals surface area contributed by atoms with E-state index in [1.54, 1.807) is 30.3 Å². The van der Waals surface area contributed by atoms with Gasteiger partial charge in [-0.1, -0.05) is 72.3 Å². The molecule has 0 atom stereocenters. The molecular formula is C40H24N4O2. The van der Waals surface area contributed by atoms with E-state index in [1.807, 2.05) is 24.3 Å². The van der Waals surface area contributed by atoms with E-state index in [9.17, 15) is 14.9 Å². The number of imide groups is 1. The summed E-state index contributed by atoms with van der Waals surface area (Å²) in [6.45, 7) is 2.09. The summed E-state index contributed by atoms with van der Waals surface area (Å²) in [5.41, 5.74) is 8.50. The smallest absolute Gasteiger partial charge is 0.266 e. The Balaban J connectivity index is 1.37. The molecule has 6 nitrogen and oxygen atoms in total. The van der Waals surface area contributed by atoms with Gasteiger partial charge in [0.2, 0.25) is 0 Å². The van der Waals surface area contributed by atoms with Gasteiger partial charge in [-0.05, 0) is 67.6 Å². The minimum atomic E-state index is -0.395. The molecule has 0 N–H and O–H groups in total. The molecule has 2 aromatic heterocycles. The van der Waals surface area contributed by atoms with E-state index in [0.29, 0.717) is 28.1 Å². The minimum absolute atomic E-state index is 0.352. The summed E-state index contributed by atoms with van der Waals surface area (Å²) in [5, 5.41) is 14.6. The number of hydrogen-bond donors (Lipinski definition) is 0. The van der Waals surface area contributed by atoms with Crippen LogP contribution in [0.2, 0.25) is 0 Å². The maximum atomic E-state index is 13.5. The number of fused-ring (bicyclic) bond motifs is 8. The Kier molecular flexibility index (Phi) is 5.38. The van der Waals surface area contributed by atoms with Crippen molar-refractivity contribution in [2.45, 2.75) is 6.92 Å². The quantitative estimate of drug-likeness (QED) is 0.192. The van der Waals surface area contributed by atoms with Gasteiger partial charge in [-0.25, -0.2) is 4.90 Å². The number of nitriles is 1. The van der Waals surface area contributed by atoms with Crippen molar-refractivity contribution in [3.63, 3.8) is 0 Å². The fourth-order valence-corrected chi connectivity index (χ4v) is 7.09. The number of amides is 2. The number of aryl methyl sites for hydroxylation is 1. The first-order valence-corrected chi connectivity index (χ1v) is 15.1. The van der Waals surface area contributed by atoms with Gasteiger partial charge in [-0.3, -0.25) is 9.59 Å². The van der Waals surface area contributed by atoms with Crippen LogP contribution in [0.5, 0.6) is 0 Å². The maximum Gasteiger partial charge on any atom is 0.266 e. The van der Waals surface area contributed by atoms with Gasteiger partial charge in [0.1, 0.15) is 0 Å². The van der Waals surface area contributed by atoms with Gasteiger partial charge in [0.15, 0.2) is 0 Å². The third-order valence-electron chi connectivity index (χ3n) is 9.10. The zero-order valence-electron chi connectivity index (χ0n) is 24.7. The first-order chi connectivity index (χ1) is 22.5. The van der Waals surface area contributed by atoms with Crippen LogP contribution in [-0.2, 0) is 0 Å². The lowest BCUT2D eigenvalue weighted by Gasteiger charge is -2.17. The monoisotopic (exact) mass is 592 g/mol. The van der Waals surface area contributed by atoms with Gasteiger partial charge in [0.25, 0.3) is 11.8 Å². The normalized spacial score (nSPS) is 12.9. The van der Waals surface area contributed by atoms with Crippen molar-refractivity contribution in [1.82, 2.24) is 9.13 Å². The summed E-state index contributed by atoms with van der Waals surface area (Å²) < 4.78 is 4.46. The largest absolute Gasteiger partial charge is 0.309 e. The van der Waals surface area contributed by atoms with Crippen molar-refractivity contribution in [2.75, 3.05) is 4.90 Å². The number of nitrogens with zero attached hydrogens (tertiary/aromatic N) is 4. The molecule has 6 aromatic carbocycles. The molecule has 0 saturated heterocycles. The third kappa shape index (κ3) is 3.51. The van der Waals surface area contributed by atoms with Crippen LogP contribution in [0, 0.1) is 18.3 Å². The summed E-state index contributed by atoms with van der Waals surface area (Å²) in [5.74, 6) is -0.790. The van der Waals surface area contributed by atoms with Crippen molar-refractivity contribution in [3.05, 3.63) is 150 Å². The number of carbonyl (C=O) groups excluding carboxylic acids is 2. The highest BCUT2D eigenvalue weighted by molar-refractivity contribution is 6.34. The average molecular weight is 593 g/mol. The van der Waals surface area contributed by atoms with Crippen molar-refractivity contribution in [1.29, 1.82) is 5.26 Å². The highest BCUT2D eigenvalue weighted by Gasteiger charge is 2.36. The maximum absolute atomic E-state index is 13.5. The summed E-state index contributed by atoms with van der Waals surface area (Å²) in [6, 6.07) is 43.9. The number of carbonyl (C=O) groups is 2. The lowest BCUT2D eigenvalue weighted by molar-refractivity contribution is 0.0926. The summed E-state index contributed by atoms with van der Waals surface area (Å²) >= 11 is 0. The highest BCUT2D eigenvalue weighted by Crippen LogP contribution is 2.42. The van der Waals surface area contributed by atoms with Crippen LogP contribution in [0.15, 0.2) is 127 Å². The summed E-state index contributed by atoms with van der Waals surface area (Å²) in [6.07, 6.45) is 0. The molecule has 1 aliphatic rings. The van der Waals surface area contributed by atoms with E-state index < -0.39 is 11.8 Å². The first-order valence-electron chi connectivity index (χ1n) is 15.1. The number of hydrogen-bond acceptors (Lipinski definition) is 3. The molecule has 0 bridgehead atoms. The van der Waals surface area contributed by atoms with Crippen molar-refractivity contribution in [3.8, 4) is 17.4 Å². The number of rotatable bonds is 3. The molecule has 0 unspecified atom stereocenters.